The van der Waals surface area contributed by atoms with Gasteiger partial charge in [0.25, 0.3) is 0 Å². The van der Waals surface area contributed by atoms with E-state index in [4.69, 9.17) is 4.74 Å². The lowest BCUT2D eigenvalue weighted by molar-refractivity contribution is 0.152. The summed E-state index contributed by atoms with van der Waals surface area (Å²) < 4.78 is 6.34. The molecular weight excluding hydrogens is 230 g/mol. The second kappa shape index (κ2) is 4.88. The summed E-state index contributed by atoms with van der Waals surface area (Å²) in [5.41, 5.74) is 0. The van der Waals surface area contributed by atoms with Crippen LogP contribution < -0.4 is 5.32 Å². The molecule has 0 atom stereocenters. The first-order chi connectivity index (χ1) is 7.79. The maximum atomic E-state index is 11.0. The molecular formula is C8H11N5O2S. The van der Waals surface area contributed by atoms with Crippen molar-refractivity contribution in [1.29, 1.82) is 0 Å². The lowest BCUT2D eigenvalue weighted by Gasteiger charge is -2.02. The maximum Gasteiger partial charge on any atom is 0.407 e. The Kier molecular flexibility index (Phi) is 3.30. The number of fused-ring (bicyclic) bond motifs is 1. The van der Waals surface area contributed by atoms with Gasteiger partial charge in [0.1, 0.15) is 11.3 Å². The number of nitrogens with one attached hydrogen (secondary N) is 1. The maximum absolute atomic E-state index is 11.0. The monoisotopic (exact) mass is 241 g/mol. The molecule has 0 unspecified atom stereocenters. The van der Waals surface area contributed by atoms with Gasteiger partial charge in [0.15, 0.2) is 0 Å². The predicted molar refractivity (Wildman–Crippen MR) is 57.4 cm³/mol. The van der Waals surface area contributed by atoms with Crippen LogP contribution in [0.3, 0.4) is 0 Å². The molecule has 0 aliphatic rings. The quantitative estimate of drug-likeness (QED) is 0.841. The van der Waals surface area contributed by atoms with Gasteiger partial charge < -0.3 is 10.1 Å². The molecule has 0 saturated carbocycles. The van der Waals surface area contributed by atoms with Gasteiger partial charge in [0, 0.05) is 13.0 Å². The number of carbonyl (C=O) groups excluding carboxylic acids is 1. The van der Waals surface area contributed by atoms with Crippen LogP contribution in [0.4, 0.5) is 4.79 Å². The molecule has 2 heterocycles. The SMILES string of the molecule is CCOC(=O)NCCc1nn2cnnc2s1. The fraction of sp³-hybridized carbons (Fsp3) is 0.500. The summed E-state index contributed by atoms with van der Waals surface area (Å²) >= 11 is 1.46. The van der Waals surface area contributed by atoms with Gasteiger partial charge in [-0.3, -0.25) is 0 Å². The van der Waals surface area contributed by atoms with Crippen molar-refractivity contribution in [1.82, 2.24) is 25.1 Å². The fourth-order valence-corrected chi connectivity index (χ4v) is 1.97. The Hall–Kier alpha value is -1.70. The zero-order chi connectivity index (χ0) is 11.4. The zero-order valence-electron chi connectivity index (χ0n) is 8.71. The summed E-state index contributed by atoms with van der Waals surface area (Å²) in [6.07, 6.45) is 1.81. The van der Waals surface area contributed by atoms with Gasteiger partial charge in [0.2, 0.25) is 4.96 Å². The molecule has 7 nitrogen and oxygen atoms in total. The van der Waals surface area contributed by atoms with E-state index < -0.39 is 6.09 Å². The number of alkyl carbamates (subject to hydrolysis) is 1. The smallest absolute Gasteiger partial charge is 0.407 e. The van der Waals surface area contributed by atoms with Gasteiger partial charge in [-0.15, -0.1) is 10.2 Å². The topological polar surface area (TPSA) is 81.4 Å². The van der Waals surface area contributed by atoms with Gasteiger partial charge in [0.05, 0.1) is 6.61 Å². The minimum Gasteiger partial charge on any atom is -0.450 e. The van der Waals surface area contributed by atoms with Crippen molar-refractivity contribution >= 4 is 22.4 Å². The Morgan fingerprint density at radius 3 is 3.31 bits per heavy atom. The summed E-state index contributed by atoms with van der Waals surface area (Å²) in [6.45, 7) is 2.65. The molecule has 0 radical (unpaired) electrons. The van der Waals surface area contributed by atoms with Crippen molar-refractivity contribution in [2.75, 3.05) is 13.2 Å². The number of ether oxygens (including phenoxy) is 1. The van der Waals surface area contributed by atoms with E-state index in [1.165, 1.54) is 11.3 Å². The first-order valence-corrected chi connectivity index (χ1v) is 5.67. The molecule has 0 fully saturated rings. The molecule has 0 spiro atoms. The third-order valence-corrected chi connectivity index (χ3v) is 2.78. The van der Waals surface area contributed by atoms with Crippen LogP contribution in [0, 0.1) is 0 Å². The summed E-state index contributed by atoms with van der Waals surface area (Å²) in [6, 6.07) is 0. The van der Waals surface area contributed by atoms with Gasteiger partial charge in [-0.05, 0) is 6.92 Å². The van der Waals surface area contributed by atoms with Crippen LogP contribution in [0.15, 0.2) is 6.33 Å². The standard InChI is InChI=1S/C8H11N5O2S/c1-2-15-8(14)9-4-3-6-12-13-5-10-11-7(13)16-6/h5H,2-4H2,1H3,(H,9,14). The predicted octanol–water partition coefficient (Wildman–Crippen LogP) is 0.474. The van der Waals surface area contributed by atoms with Gasteiger partial charge in [-0.25, -0.2) is 4.79 Å². The molecule has 0 aliphatic heterocycles. The first kappa shape index (κ1) is 10.8. The molecule has 16 heavy (non-hydrogen) atoms. The zero-order valence-corrected chi connectivity index (χ0v) is 9.53. The van der Waals surface area contributed by atoms with Gasteiger partial charge in [-0.2, -0.15) is 9.61 Å². The average molecular weight is 241 g/mol. The van der Waals surface area contributed by atoms with Crippen molar-refractivity contribution < 1.29 is 9.53 Å². The Balaban J connectivity index is 1.82. The normalized spacial score (nSPS) is 10.6. The minimum atomic E-state index is -0.398. The Morgan fingerprint density at radius 1 is 1.69 bits per heavy atom. The van der Waals surface area contributed by atoms with Crippen LogP contribution >= 0.6 is 11.3 Å². The number of hydrogen-bond donors (Lipinski definition) is 1. The highest BCUT2D eigenvalue weighted by atomic mass is 32.1. The van der Waals surface area contributed by atoms with E-state index in [-0.39, 0.29) is 0 Å². The average Bonchev–Trinajstić information content (AvgIpc) is 2.78. The molecule has 1 amide bonds. The minimum absolute atomic E-state index is 0.378. The van der Waals surface area contributed by atoms with Gasteiger partial charge in [-0.1, -0.05) is 11.3 Å². The molecule has 1 N–H and O–H groups in total. The number of hydrogen-bond acceptors (Lipinski definition) is 6. The number of carbonyl (C=O) groups is 1. The molecule has 0 aliphatic carbocycles. The Bertz CT molecular complexity index is 451. The number of aromatic nitrogens is 4. The number of rotatable bonds is 4. The van der Waals surface area contributed by atoms with Crippen molar-refractivity contribution in [2.45, 2.75) is 13.3 Å². The van der Waals surface area contributed by atoms with Crippen LogP contribution in [0.25, 0.3) is 4.96 Å². The molecule has 86 valence electrons. The summed E-state index contributed by atoms with van der Waals surface area (Å²) in [5, 5.41) is 15.3. The van der Waals surface area contributed by atoms with Gasteiger partial charge >= 0.3 is 6.09 Å². The van der Waals surface area contributed by atoms with E-state index in [0.29, 0.717) is 19.6 Å². The lowest BCUT2D eigenvalue weighted by atomic mass is 10.4. The molecule has 0 aromatic carbocycles. The van der Waals surface area contributed by atoms with Crippen molar-refractivity contribution in [3.63, 3.8) is 0 Å². The van der Waals surface area contributed by atoms with E-state index in [0.717, 1.165) is 9.97 Å². The van der Waals surface area contributed by atoms with Crippen LogP contribution in [0.2, 0.25) is 0 Å². The third kappa shape index (κ3) is 2.45. The van der Waals surface area contributed by atoms with Crippen LogP contribution in [0.1, 0.15) is 11.9 Å². The van der Waals surface area contributed by atoms with E-state index in [1.54, 1.807) is 17.8 Å². The molecule has 0 bridgehead atoms. The Labute approximate surface area is 95.4 Å². The highest BCUT2D eigenvalue weighted by molar-refractivity contribution is 7.16. The van der Waals surface area contributed by atoms with E-state index in [9.17, 15) is 4.79 Å². The molecule has 8 heteroatoms. The van der Waals surface area contributed by atoms with Crippen LogP contribution in [0.5, 0.6) is 0 Å². The van der Waals surface area contributed by atoms with E-state index in [1.807, 2.05) is 0 Å². The van der Waals surface area contributed by atoms with E-state index in [2.05, 4.69) is 20.6 Å². The van der Waals surface area contributed by atoms with Crippen molar-refractivity contribution in [2.24, 2.45) is 0 Å². The Morgan fingerprint density at radius 2 is 2.56 bits per heavy atom. The second-order valence-electron chi connectivity index (χ2n) is 2.95. The second-order valence-corrected chi connectivity index (χ2v) is 3.99. The highest BCUT2D eigenvalue weighted by Gasteiger charge is 2.05. The highest BCUT2D eigenvalue weighted by Crippen LogP contribution is 2.11. The number of nitrogens with zero attached hydrogens (tertiary/aromatic N) is 4. The molecule has 2 rings (SSSR count). The van der Waals surface area contributed by atoms with Crippen LogP contribution in [-0.2, 0) is 11.2 Å². The van der Waals surface area contributed by atoms with E-state index >= 15 is 0 Å². The lowest BCUT2D eigenvalue weighted by Crippen LogP contribution is -2.26. The fourth-order valence-electron chi connectivity index (χ4n) is 1.16. The van der Waals surface area contributed by atoms with Crippen molar-refractivity contribution in [3.05, 3.63) is 11.3 Å². The van der Waals surface area contributed by atoms with Crippen LogP contribution in [-0.4, -0.2) is 39.1 Å². The van der Waals surface area contributed by atoms with Crippen molar-refractivity contribution in [3.8, 4) is 0 Å². The summed E-state index contributed by atoms with van der Waals surface area (Å²) in [7, 11) is 0. The molecule has 2 aromatic rings. The first-order valence-electron chi connectivity index (χ1n) is 4.86. The molecule has 2 aromatic heterocycles. The molecule has 0 saturated heterocycles. The number of amides is 1. The summed E-state index contributed by atoms with van der Waals surface area (Å²) in [4.78, 5) is 11.7. The third-order valence-electron chi connectivity index (χ3n) is 1.81. The largest absolute Gasteiger partial charge is 0.450 e. The summed E-state index contributed by atoms with van der Waals surface area (Å²) in [5.74, 6) is 0.